The van der Waals surface area contributed by atoms with E-state index < -0.39 is 10.0 Å². The molecule has 0 unspecified atom stereocenters. The van der Waals surface area contributed by atoms with Crippen LogP contribution in [0.5, 0.6) is 11.5 Å². The molecule has 9 heteroatoms. The van der Waals surface area contributed by atoms with Crippen LogP contribution in [0.3, 0.4) is 0 Å². The Labute approximate surface area is 189 Å². The summed E-state index contributed by atoms with van der Waals surface area (Å²) in [4.78, 5) is 12.5. The van der Waals surface area contributed by atoms with Crippen LogP contribution < -0.4 is 19.5 Å². The third-order valence-corrected chi connectivity index (χ3v) is 6.63. The van der Waals surface area contributed by atoms with Crippen molar-refractivity contribution < 1.29 is 22.7 Å². The Kier molecular flexibility index (Phi) is 8.73. The minimum atomic E-state index is -3.70. The highest BCUT2D eigenvalue weighted by Gasteiger charge is 2.20. The summed E-state index contributed by atoms with van der Waals surface area (Å²) in [6.45, 7) is 7.96. The number of halogens is 1. The van der Waals surface area contributed by atoms with Gasteiger partial charge in [-0.15, -0.1) is 0 Å². The van der Waals surface area contributed by atoms with Crippen molar-refractivity contribution >= 4 is 27.5 Å². The number of hydrogen-bond acceptors (Lipinski definition) is 5. The summed E-state index contributed by atoms with van der Waals surface area (Å²) in [5, 5.41) is 3.15. The van der Waals surface area contributed by atoms with Crippen LogP contribution in [0.2, 0.25) is 5.02 Å². The molecule has 2 rings (SSSR count). The van der Waals surface area contributed by atoms with E-state index in [2.05, 4.69) is 10.0 Å². The maximum atomic E-state index is 12.7. The zero-order valence-electron chi connectivity index (χ0n) is 18.5. The summed E-state index contributed by atoms with van der Waals surface area (Å²) in [7, 11) is -2.19. The summed E-state index contributed by atoms with van der Waals surface area (Å²) >= 11 is 6.24. The van der Waals surface area contributed by atoms with E-state index in [0.717, 1.165) is 11.1 Å². The maximum absolute atomic E-state index is 12.7. The van der Waals surface area contributed by atoms with Crippen LogP contribution in [-0.4, -0.2) is 34.6 Å². The Hall–Kier alpha value is -2.29. The SMILES string of the molecule is CCOc1c(Cl)cc(CNC(=O)CCNS(=O)(=O)c2c(C)cc(C)cc2C)cc1OC. The normalized spacial score (nSPS) is 11.3. The second-order valence-corrected chi connectivity index (χ2v) is 9.31. The predicted molar refractivity (Wildman–Crippen MR) is 121 cm³/mol. The van der Waals surface area contributed by atoms with Crippen LogP contribution in [0, 0.1) is 20.8 Å². The van der Waals surface area contributed by atoms with Gasteiger partial charge in [0.2, 0.25) is 15.9 Å². The van der Waals surface area contributed by atoms with Gasteiger partial charge < -0.3 is 14.8 Å². The molecule has 0 heterocycles. The van der Waals surface area contributed by atoms with Crippen LogP contribution in [0.4, 0.5) is 0 Å². The van der Waals surface area contributed by atoms with Crippen LogP contribution >= 0.6 is 11.6 Å². The van der Waals surface area contributed by atoms with E-state index in [1.54, 1.807) is 26.0 Å². The van der Waals surface area contributed by atoms with E-state index in [1.165, 1.54) is 7.11 Å². The number of rotatable bonds is 10. The summed E-state index contributed by atoms with van der Waals surface area (Å²) < 4.78 is 38.6. The molecule has 0 saturated carbocycles. The smallest absolute Gasteiger partial charge is 0.241 e. The molecule has 0 aliphatic heterocycles. The number of carbonyl (C=O) groups excluding carboxylic acids is 1. The number of sulfonamides is 1. The number of carbonyl (C=O) groups is 1. The molecule has 0 fully saturated rings. The van der Waals surface area contributed by atoms with Gasteiger partial charge in [-0.2, -0.15) is 0 Å². The van der Waals surface area contributed by atoms with Crippen molar-refractivity contribution in [3.63, 3.8) is 0 Å². The molecule has 0 bridgehead atoms. The van der Waals surface area contributed by atoms with E-state index in [1.807, 2.05) is 26.0 Å². The third kappa shape index (κ3) is 6.59. The average molecular weight is 469 g/mol. The minimum Gasteiger partial charge on any atom is -0.493 e. The first-order valence-electron chi connectivity index (χ1n) is 9.92. The minimum absolute atomic E-state index is 0.00504. The highest BCUT2D eigenvalue weighted by Crippen LogP contribution is 2.36. The molecule has 7 nitrogen and oxygen atoms in total. The molecule has 170 valence electrons. The lowest BCUT2D eigenvalue weighted by atomic mass is 10.1. The summed E-state index contributed by atoms with van der Waals surface area (Å²) in [5.74, 6) is 0.650. The van der Waals surface area contributed by atoms with Gasteiger partial charge in [0, 0.05) is 19.5 Å². The largest absolute Gasteiger partial charge is 0.493 e. The van der Waals surface area contributed by atoms with Crippen molar-refractivity contribution in [1.29, 1.82) is 0 Å². The summed E-state index contributed by atoms with van der Waals surface area (Å²) in [5.41, 5.74) is 3.09. The lowest BCUT2D eigenvalue weighted by molar-refractivity contribution is -0.121. The first-order valence-corrected chi connectivity index (χ1v) is 11.8. The quantitative estimate of drug-likeness (QED) is 0.555. The fourth-order valence-corrected chi connectivity index (χ4v) is 5.18. The third-order valence-electron chi connectivity index (χ3n) is 4.59. The van der Waals surface area contributed by atoms with Gasteiger partial charge in [-0.25, -0.2) is 13.1 Å². The van der Waals surface area contributed by atoms with E-state index in [9.17, 15) is 13.2 Å². The van der Waals surface area contributed by atoms with E-state index >= 15 is 0 Å². The predicted octanol–water partition coefficient (Wildman–Crippen LogP) is 3.66. The first kappa shape index (κ1) is 25.0. The van der Waals surface area contributed by atoms with Crippen molar-refractivity contribution in [2.24, 2.45) is 0 Å². The number of hydrogen-bond donors (Lipinski definition) is 2. The number of amides is 1. The maximum Gasteiger partial charge on any atom is 0.241 e. The van der Waals surface area contributed by atoms with Gasteiger partial charge in [-0.3, -0.25) is 4.79 Å². The molecule has 0 atom stereocenters. The Morgan fingerprint density at radius 3 is 2.32 bits per heavy atom. The molecule has 0 aliphatic rings. The van der Waals surface area contributed by atoms with Crippen molar-refractivity contribution in [2.45, 2.75) is 45.6 Å². The number of benzene rings is 2. The van der Waals surface area contributed by atoms with Gasteiger partial charge >= 0.3 is 0 Å². The van der Waals surface area contributed by atoms with Crippen molar-refractivity contribution in [2.75, 3.05) is 20.3 Å². The van der Waals surface area contributed by atoms with Gasteiger partial charge in [0.25, 0.3) is 0 Å². The van der Waals surface area contributed by atoms with Gasteiger partial charge in [-0.1, -0.05) is 29.3 Å². The van der Waals surface area contributed by atoms with Crippen molar-refractivity contribution in [3.05, 3.63) is 51.5 Å². The molecule has 0 radical (unpaired) electrons. The molecule has 2 aromatic carbocycles. The standard InChI is InChI=1S/C22H29ClN2O5S/c1-6-30-21-18(23)11-17(12-19(21)29-5)13-24-20(26)7-8-25-31(27,28)22-15(3)9-14(2)10-16(22)4/h9-12,25H,6-8,13H2,1-5H3,(H,24,26). The number of ether oxygens (including phenoxy) is 2. The van der Waals surface area contributed by atoms with Crippen LogP contribution in [0.15, 0.2) is 29.2 Å². The number of methoxy groups -OCH3 is 1. The van der Waals surface area contributed by atoms with Gasteiger partial charge in [0.15, 0.2) is 11.5 Å². The highest BCUT2D eigenvalue weighted by molar-refractivity contribution is 7.89. The molecule has 0 aromatic heterocycles. The van der Waals surface area contributed by atoms with Gasteiger partial charge in [-0.05, 0) is 56.5 Å². The second-order valence-electron chi connectivity index (χ2n) is 7.19. The molecule has 1 amide bonds. The number of nitrogens with one attached hydrogen (secondary N) is 2. The van der Waals surface area contributed by atoms with Gasteiger partial charge in [0.05, 0.1) is 23.6 Å². The summed E-state index contributed by atoms with van der Waals surface area (Å²) in [6.07, 6.45) is 0.00504. The molecule has 0 saturated heterocycles. The Morgan fingerprint density at radius 1 is 1.10 bits per heavy atom. The average Bonchev–Trinajstić information content (AvgIpc) is 2.66. The van der Waals surface area contributed by atoms with E-state index in [4.69, 9.17) is 21.1 Å². The monoisotopic (exact) mass is 468 g/mol. The Balaban J connectivity index is 1.94. The van der Waals surface area contributed by atoms with Crippen molar-refractivity contribution in [1.82, 2.24) is 10.0 Å². The zero-order chi connectivity index (χ0) is 23.2. The fraction of sp³-hybridized carbons (Fsp3) is 0.409. The Morgan fingerprint density at radius 2 is 1.74 bits per heavy atom. The number of aryl methyl sites for hydroxylation is 3. The zero-order valence-corrected chi connectivity index (χ0v) is 20.0. The highest BCUT2D eigenvalue weighted by atomic mass is 35.5. The van der Waals surface area contributed by atoms with Gasteiger partial charge in [0.1, 0.15) is 0 Å². The van der Waals surface area contributed by atoms with Crippen LogP contribution in [0.25, 0.3) is 0 Å². The first-order chi connectivity index (χ1) is 14.6. The Bertz CT molecular complexity index is 1030. The lowest BCUT2D eigenvalue weighted by Crippen LogP contribution is -2.31. The molecule has 2 N–H and O–H groups in total. The second kappa shape index (κ2) is 10.8. The molecular weight excluding hydrogens is 440 g/mol. The van der Waals surface area contributed by atoms with E-state index in [-0.39, 0.29) is 30.3 Å². The lowest BCUT2D eigenvalue weighted by Gasteiger charge is -2.14. The van der Waals surface area contributed by atoms with Crippen LogP contribution in [0.1, 0.15) is 35.6 Å². The molecule has 0 aliphatic carbocycles. The topological polar surface area (TPSA) is 93.7 Å². The fourth-order valence-electron chi connectivity index (χ4n) is 3.41. The summed E-state index contributed by atoms with van der Waals surface area (Å²) in [6, 6.07) is 7.08. The van der Waals surface area contributed by atoms with Crippen molar-refractivity contribution in [3.8, 4) is 11.5 Å². The van der Waals surface area contributed by atoms with Crippen LogP contribution in [-0.2, 0) is 21.4 Å². The molecule has 2 aromatic rings. The molecule has 31 heavy (non-hydrogen) atoms. The van der Waals surface area contributed by atoms with E-state index in [0.29, 0.717) is 34.3 Å². The molecular formula is C22H29ClN2O5S. The molecule has 0 spiro atoms.